The minimum absolute atomic E-state index is 0.105. The van der Waals surface area contributed by atoms with Gasteiger partial charge in [-0.3, -0.25) is 4.79 Å². The largest absolute Gasteiger partial charge is 0.618 e. The number of benzene rings is 3. The Bertz CT molecular complexity index is 1980. The maximum atomic E-state index is 15.4. The molecule has 14 heteroatoms. The molecule has 3 aromatic carbocycles. The number of nitriles is 1. The van der Waals surface area contributed by atoms with Crippen LogP contribution in [-0.4, -0.2) is 55.2 Å². The molecule has 4 aromatic rings. The number of carbonyl (C=O) groups excluding carboxylic acids is 2. The van der Waals surface area contributed by atoms with Crippen molar-refractivity contribution in [2.75, 3.05) is 38.7 Å². The summed E-state index contributed by atoms with van der Waals surface area (Å²) in [4.78, 5) is 28.0. The molecule has 2 aliphatic heterocycles. The number of likely N-dealkylation sites (tertiary alicyclic amines) is 1. The Kier molecular flexibility index (Phi) is 11.1. The molecule has 0 bridgehead atoms. The number of hydrogen-bond donors (Lipinski definition) is 2. The Morgan fingerprint density at radius 3 is 2.59 bits per heavy atom. The third-order valence-corrected chi connectivity index (χ3v) is 9.78. The normalized spacial score (nSPS) is 16.5. The Labute approximate surface area is 298 Å². The topological polar surface area (TPSA) is 143 Å². The van der Waals surface area contributed by atoms with Crippen LogP contribution in [0.15, 0.2) is 78.3 Å². The molecule has 1 saturated heterocycles. The molecule has 0 saturated carbocycles. The summed E-state index contributed by atoms with van der Waals surface area (Å²) in [5.74, 6) is 0.416. The number of rotatable bonds is 11. The molecule has 264 valence electrons. The molecule has 2 aliphatic rings. The SMILES string of the molecule is COc1cc2c(Oc3ccc(NC(=O)NN4C(=O)C=CSC4c4ccc(C#N)cc4)cc3F)cc[n+]([O-])c2cc1OCCCN1CCC(C)CC1. The maximum Gasteiger partial charge on any atom is 0.338 e. The fourth-order valence-electron chi connectivity index (χ4n) is 5.89. The first-order chi connectivity index (χ1) is 24.7. The van der Waals surface area contributed by atoms with Crippen molar-refractivity contribution < 1.29 is 32.9 Å². The van der Waals surface area contributed by atoms with E-state index in [1.165, 1.54) is 62.2 Å². The van der Waals surface area contributed by atoms with Gasteiger partial charge in [0.15, 0.2) is 29.3 Å². The first-order valence-electron chi connectivity index (χ1n) is 16.5. The third-order valence-electron chi connectivity index (χ3n) is 8.75. The number of nitrogens with one attached hydrogen (secondary N) is 2. The molecule has 1 aromatic heterocycles. The number of urea groups is 1. The Morgan fingerprint density at radius 1 is 1.08 bits per heavy atom. The maximum absolute atomic E-state index is 15.4. The molecular weight excluding hydrogens is 676 g/mol. The number of methoxy groups -OCH3 is 1. The van der Waals surface area contributed by atoms with Gasteiger partial charge in [-0.1, -0.05) is 19.1 Å². The Balaban J connectivity index is 1.11. The van der Waals surface area contributed by atoms with E-state index < -0.39 is 23.1 Å². The van der Waals surface area contributed by atoms with E-state index in [9.17, 15) is 14.8 Å². The average molecular weight is 713 g/mol. The summed E-state index contributed by atoms with van der Waals surface area (Å²) in [5, 5.41) is 27.0. The van der Waals surface area contributed by atoms with E-state index >= 15 is 4.39 Å². The molecule has 12 nitrogen and oxygen atoms in total. The number of fused-ring (bicyclic) bond motifs is 1. The van der Waals surface area contributed by atoms with Gasteiger partial charge < -0.3 is 29.6 Å². The number of hydrazine groups is 1. The van der Waals surface area contributed by atoms with Gasteiger partial charge in [0, 0.05) is 36.5 Å². The van der Waals surface area contributed by atoms with Crippen LogP contribution < -0.4 is 29.7 Å². The minimum Gasteiger partial charge on any atom is -0.618 e. The fourth-order valence-corrected chi connectivity index (χ4v) is 6.83. The second-order valence-corrected chi connectivity index (χ2v) is 13.3. The first kappa shape index (κ1) is 35.3. The summed E-state index contributed by atoms with van der Waals surface area (Å²) in [6.45, 7) is 5.86. The number of carbonyl (C=O) groups is 2. The van der Waals surface area contributed by atoms with Crippen LogP contribution >= 0.6 is 11.8 Å². The standard InChI is InChI=1S/C37H37FN6O6S/c1-24-10-15-42(16-11-24)14-3-18-49-34-22-30-28(21-33(34)48-2)31(12-17-43(30)47)50-32-9-8-27(20-29(32)38)40-37(46)41-44-35(45)13-19-51-36(44)26-6-4-25(23-39)5-7-26/h4-9,12-13,17,19-22,24,36H,3,10-11,14-16,18H2,1-2H3,(H2,40,41,46). The van der Waals surface area contributed by atoms with Gasteiger partial charge in [0.25, 0.3) is 5.91 Å². The van der Waals surface area contributed by atoms with Gasteiger partial charge in [0.2, 0.25) is 5.52 Å². The number of hydrogen-bond acceptors (Lipinski definition) is 9. The van der Waals surface area contributed by atoms with Crippen LogP contribution in [0.25, 0.3) is 10.9 Å². The molecule has 0 radical (unpaired) electrons. The number of piperidine rings is 1. The lowest BCUT2D eigenvalue weighted by Crippen LogP contribution is -2.49. The zero-order chi connectivity index (χ0) is 35.9. The summed E-state index contributed by atoms with van der Waals surface area (Å²) in [5.41, 5.74) is 4.04. The van der Waals surface area contributed by atoms with E-state index in [1.54, 1.807) is 41.8 Å². The van der Waals surface area contributed by atoms with E-state index in [0.717, 1.165) is 43.0 Å². The Morgan fingerprint density at radius 2 is 1.86 bits per heavy atom. The number of amides is 3. The van der Waals surface area contributed by atoms with Crippen LogP contribution in [0, 0.1) is 28.3 Å². The van der Waals surface area contributed by atoms with Crippen molar-refractivity contribution in [3.63, 3.8) is 0 Å². The van der Waals surface area contributed by atoms with Gasteiger partial charge in [0.1, 0.15) is 11.1 Å². The molecule has 3 heterocycles. The van der Waals surface area contributed by atoms with Gasteiger partial charge in [-0.25, -0.2) is 19.6 Å². The lowest BCUT2D eigenvalue weighted by Gasteiger charge is -2.32. The van der Waals surface area contributed by atoms with Crippen molar-refractivity contribution in [1.29, 1.82) is 5.26 Å². The number of halogens is 1. The van der Waals surface area contributed by atoms with Crippen LogP contribution in [0.1, 0.15) is 42.7 Å². The number of pyridine rings is 1. The van der Waals surface area contributed by atoms with Gasteiger partial charge in [-0.15, -0.1) is 11.8 Å². The van der Waals surface area contributed by atoms with Crippen LogP contribution in [0.5, 0.6) is 23.0 Å². The van der Waals surface area contributed by atoms with Crippen LogP contribution in [0.2, 0.25) is 0 Å². The zero-order valence-electron chi connectivity index (χ0n) is 28.1. The van der Waals surface area contributed by atoms with Crippen LogP contribution in [0.3, 0.4) is 0 Å². The molecule has 0 aliphatic carbocycles. The molecule has 6 rings (SSSR count). The van der Waals surface area contributed by atoms with E-state index in [4.69, 9.17) is 19.5 Å². The first-order valence-corrected chi connectivity index (χ1v) is 17.5. The van der Waals surface area contributed by atoms with E-state index in [1.807, 2.05) is 6.07 Å². The number of nitrogens with zero attached hydrogens (tertiary/aromatic N) is 4. The lowest BCUT2D eigenvalue weighted by atomic mass is 9.99. The lowest BCUT2D eigenvalue weighted by molar-refractivity contribution is -0.577. The predicted octanol–water partition coefficient (Wildman–Crippen LogP) is 6.61. The smallest absolute Gasteiger partial charge is 0.338 e. The Hall–Kier alpha value is -5.52. The van der Waals surface area contributed by atoms with Crippen molar-refractivity contribution in [2.24, 2.45) is 5.92 Å². The molecule has 1 unspecified atom stereocenters. The van der Waals surface area contributed by atoms with E-state index in [-0.39, 0.29) is 22.7 Å². The minimum atomic E-state index is -0.780. The van der Waals surface area contributed by atoms with Crippen molar-refractivity contribution in [3.05, 3.63) is 100 Å². The predicted molar refractivity (Wildman–Crippen MR) is 191 cm³/mol. The monoisotopic (exact) mass is 712 g/mol. The van der Waals surface area contributed by atoms with Gasteiger partial charge >= 0.3 is 6.03 Å². The zero-order valence-corrected chi connectivity index (χ0v) is 29.0. The summed E-state index contributed by atoms with van der Waals surface area (Å²) < 4.78 is 33.6. The summed E-state index contributed by atoms with van der Waals surface area (Å²) >= 11 is 1.29. The van der Waals surface area contributed by atoms with Crippen LogP contribution in [0.4, 0.5) is 14.9 Å². The van der Waals surface area contributed by atoms with Crippen molar-refractivity contribution in [2.45, 2.75) is 31.6 Å². The summed E-state index contributed by atoms with van der Waals surface area (Å²) in [7, 11) is 1.50. The molecule has 0 spiro atoms. The third kappa shape index (κ3) is 8.45. The van der Waals surface area contributed by atoms with Crippen molar-refractivity contribution >= 4 is 40.3 Å². The molecule has 51 heavy (non-hydrogen) atoms. The summed E-state index contributed by atoms with van der Waals surface area (Å²) in [6, 6.07) is 16.4. The molecule has 3 amide bonds. The highest BCUT2D eigenvalue weighted by Crippen LogP contribution is 2.38. The van der Waals surface area contributed by atoms with Gasteiger partial charge in [-0.2, -0.15) is 9.99 Å². The van der Waals surface area contributed by atoms with Gasteiger partial charge in [0.05, 0.1) is 36.8 Å². The molecule has 1 fully saturated rings. The molecular formula is C37H37FN6O6S. The van der Waals surface area contributed by atoms with Crippen molar-refractivity contribution in [1.82, 2.24) is 15.3 Å². The van der Waals surface area contributed by atoms with Crippen LogP contribution in [-0.2, 0) is 4.79 Å². The fraction of sp³-hybridized carbons (Fsp3) is 0.297. The average Bonchev–Trinajstić information content (AvgIpc) is 3.13. The number of aromatic nitrogens is 1. The summed E-state index contributed by atoms with van der Waals surface area (Å²) in [6.07, 6.45) is 5.83. The second kappa shape index (κ2) is 16.0. The highest BCUT2D eigenvalue weighted by Gasteiger charge is 2.29. The van der Waals surface area contributed by atoms with E-state index in [0.29, 0.717) is 39.3 Å². The van der Waals surface area contributed by atoms with Gasteiger partial charge in [-0.05, 0) is 73.5 Å². The quantitative estimate of drug-likeness (QED) is 0.0998. The number of thioether (sulfide) groups is 1. The van der Waals surface area contributed by atoms with Crippen molar-refractivity contribution in [3.8, 4) is 29.1 Å². The highest BCUT2D eigenvalue weighted by atomic mass is 32.2. The number of ether oxygens (including phenoxy) is 3. The highest BCUT2D eigenvalue weighted by molar-refractivity contribution is 8.02. The second-order valence-electron chi connectivity index (χ2n) is 12.3. The molecule has 1 atom stereocenters. The van der Waals surface area contributed by atoms with E-state index in [2.05, 4.69) is 22.6 Å². The molecule has 2 N–H and O–H groups in total. The number of anilines is 1.